The van der Waals surface area contributed by atoms with Crippen LogP contribution in [0.25, 0.3) is 22.4 Å². The van der Waals surface area contributed by atoms with Gasteiger partial charge in [-0.15, -0.1) is 4.73 Å². The van der Waals surface area contributed by atoms with E-state index >= 15 is 0 Å². The van der Waals surface area contributed by atoms with Gasteiger partial charge >= 0.3 is 0 Å². The molecule has 3 rings (SSSR count). The average molecular weight is 305 g/mol. The van der Waals surface area contributed by atoms with Gasteiger partial charge in [-0.3, -0.25) is 4.79 Å². The van der Waals surface area contributed by atoms with E-state index in [4.69, 9.17) is 4.84 Å². The number of pyridine rings is 1. The maximum Gasteiger partial charge on any atom is 0.284 e. The minimum atomic E-state index is -0.168. The van der Waals surface area contributed by atoms with Crippen molar-refractivity contribution in [2.24, 2.45) is 0 Å². The van der Waals surface area contributed by atoms with Crippen LogP contribution in [0.3, 0.4) is 0 Å². The molecule has 3 nitrogen and oxygen atoms in total. The zero-order chi connectivity index (χ0) is 16.2. The summed E-state index contributed by atoms with van der Waals surface area (Å²) in [5, 5.41) is 0. The van der Waals surface area contributed by atoms with E-state index in [-0.39, 0.29) is 11.7 Å². The van der Waals surface area contributed by atoms with Gasteiger partial charge in [-0.05, 0) is 31.0 Å². The summed E-state index contributed by atoms with van der Waals surface area (Å²) in [7, 11) is 0. The Morgan fingerprint density at radius 2 is 1.35 bits per heavy atom. The molecule has 0 saturated heterocycles. The van der Waals surface area contributed by atoms with Crippen molar-refractivity contribution in [2.75, 3.05) is 0 Å². The molecule has 23 heavy (non-hydrogen) atoms. The van der Waals surface area contributed by atoms with E-state index in [1.54, 1.807) is 6.07 Å². The van der Waals surface area contributed by atoms with Crippen molar-refractivity contribution in [2.45, 2.75) is 20.0 Å². The first kappa shape index (κ1) is 15.1. The predicted octanol–water partition coefficient (Wildman–Crippen LogP) is 4.02. The maximum atomic E-state index is 12.6. The van der Waals surface area contributed by atoms with Crippen LogP contribution >= 0.6 is 0 Å². The largest absolute Gasteiger partial charge is 0.408 e. The molecule has 1 aromatic heterocycles. The summed E-state index contributed by atoms with van der Waals surface area (Å²) in [6.07, 6.45) is -0.0854. The fraction of sp³-hybridized carbons (Fsp3) is 0.150. The molecule has 0 bridgehead atoms. The van der Waals surface area contributed by atoms with Crippen molar-refractivity contribution < 1.29 is 4.84 Å². The van der Waals surface area contributed by atoms with Gasteiger partial charge in [0.2, 0.25) is 0 Å². The van der Waals surface area contributed by atoms with Crippen LogP contribution in [0.1, 0.15) is 13.8 Å². The zero-order valence-electron chi connectivity index (χ0n) is 13.3. The molecule has 1 heterocycles. The Balaban J connectivity index is 2.21. The van der Waals surface area contributed by atoms with E-state index in [1.807, 2.05) is 80.6 Å². The maximum absolute atomic E-state index is 12.6. The second-order valence-electron chi connectivity index (χ2n) is 5.65. The van der Waals surface area contributed by atoms with E-state index in [0.717, 1.165) is 22.4 Å². The van der Waals surface area contributed by atoms with Gasteiger partial charge < -0.3 is 4.84 Å². The van der Waals surface area contributed by atoms with Gasteiger partial charge in [0.05, 0.1) is 5.69 Å². The van der Waals surface area contributed by atoms with Crippen molar-refractivity contribution in [1.29, 1.82) is 0 Å². The van der Waals surface area contributed by atoms with E-state index in [9.17, 15) is 4.79 Å². The Morgan fingerprint density at radius 1 is 0.783 bits per heavy atom. The molecule has 3 aromatic rings. The van der Waals surface area contributed by atoms with Gasteiger partial charge in [-0.2, -0.15) is 0 Å². The molecule has 116 valence electrons. The third-order valence-electron chi connectivity index (χ3n) is 3.48. The highest BCUT2D eigenvalue weighted by molar-refractivity contribution is 5.70. The quantitative estimate of drug-likeness (QED) is 0.729. The van der Waals surface area contributed by atoms with E-state index in [2.05, 4.69) is 0 Å². The number of aromatic nitrogens is 1. The molecule has 0 aliphatic heterocycles. The molecule has 0 N–H and O–H groups in total. The van der Waals surface area contributed by atoms with Crippen LogP contribution in [-0.4, -0.2) is 10.8 Å². The smallest absolute Gasteiger partial charge is 0.284 e. The van der Waals surface area contributed by atoms with E-state index in [0.29, 0.717) is 0 Å². The fourth-order valence-corrected chi connectivity index (χ4v) is 2.48. The SMILES string of the molecule is CC(C)On1c(-c2ccccc2)cc(-c2ccccc2)cc1=O. The standard InChI is InChI=1S/C20H19NO2/c1-15(2)23-21-19(17-11-7-4-8-12-17)13-18(14-20(21)22)16-9-5-3-6-10-16/h3-15H,1-2H3. The summed E-state index contributed by atoms with van der Waals surface area (Å²) < 4.78 is 1.38. The van der Waals surface area contributed by atoms with Crippen LogP contribution in [0.5, 0.6) is 0 Å². The highest BCUT2D eigenvalue weighted by atomic mass is 16.7. The summed E-state index contributed by atoms with van der Waals surface area (Å²) in [5.74, 6) is 0. The van der Waals surface area contributed by atoms with Crippen LogP contribution in [0, 0.1) is 0 Å². The predicted molar refractivity (Wildman–Crippen MR) is 93.3 cm³/mol. The molecule has 0 amide bonds. The Kier molecular flexibility index (Phi) is 4.29. The first-order valence-electron chi connectivity index (χ1n) is 7.70. The summed E-state index contributed by atoms with van der Waals surface area (Å²) in [5.41, 5.74) is 3.43. The van der Waals surface area contributed by atoms with Gasteiger partial charge in [-0.25, -0.2) is 0 Å². The third kappa shape index (κ3) is 3.34. The second-order valence-corrected chi connectivity index (χ2v) is 5.65. The lowest BCUT2D eigenvalue weighted by atomic mass is 10.0. The molecule has 0 fully saturated rings. The van der Waals surface area contributed by atoms with Crippen molar-refractivity contribution in [1.82, 2.24) is 4.73 Å². The zero-order valence-corrected chi connectivity index (χ0v) is 13.3. The second kappa shape index (κ2) is 6.53. The molecule has 3 heteroatoms. The monoisotopic (exact) mass is 305 g/mol. The number of hydrogen-bond donors (Lipinski definition) is 0. The molecule has 2 aromatic carbocycles. The number of rotatable bonds is 4. The Morgan fingerprint density at radius 3 is 1.91 bits per heavy atom. The lowest BCUT2D eigenvalue weighted by Crippen LogP contribution is -2.31. The first-order valence-corrected chi connectivity index (χ1v) is 7.70. The Hall–Kier alpha value is -2.81. The molecular weight excluding hydrogens is 286 g/mol. The van der Waals surface area contributed by atoms with Crippen LogP contribution in [0.15, 0.2) is 77.6 Å². The fourth-order valence-electron chi connectivity index (χ4n) is 2.48. The van der Waals surface area contributed by atoms with Crippen LogP contribution < -0.4 is 10.4 Å². The Labute approximate surface area is 135 Å². The van der Waals surface area contributed by atoms with E-state index in [1.165, 1.54) is 4.73 Å². The minimum absolute atomic E-state index is 0.0854. The van der Waals surface area contributed by atoms with Crippen molar-refractivity contribution >= 4 is 0 Å². The molecule has 0 saturated carbocycles. The van der Waals surface area contributed by atoms with Gasteiger partial charge in [0, 0.05) is 11.6 Å². The van der Waals surface area contributed by atoms with Gasteiger partial charge in [0.25, 0.3) is 5.56 Å². The molecular formula is C20H19NO2. The molecule has 0 atom stereocenters. The first-order chi connectivity index (χ1) is 11.1. The lowest BCUT2D eigenvalue weighted by molar-refractivity contribution is 0.0561. The van der Waals surface area contributed by atoms with Crippen LogP contribution in [-0.2, 0) is 0 Å². The van der Waals surface area contributed by atoms with E-state index < -0.39 is 0 Å². The average Bonchev–Trinajstić information content (AvgIpc) is 2.58. The number of nitrogens with zero attached hydrogens (tertiary/aromatic N) is 1. The minimum Gasteiger partial charge on any atom is -0.408 e. The summed E-state index contributed by atoms with van der Waals surface area (Å²) in [6.45, 7) is 3.82. The van der Waals surface area contributed by atoms with Crippen LogP contribution in [0.2, 0.25) is 0 Å². The number of benzene rings is 2. The highest BCUT2D eigenvalue weighted by Gasteiger charge is 2.12. The molecule has 0 aliphatic carbocycles. The topological polar surface area (TPSA) is 31.2 Å². The molecule has 0 spiro atoms. The van der Waals surface area contributed by atoms with Crippen molar-refractivity contribution in [3.63, 3.8) is 0 Å². The normalized spacial score (nSPS) is 10.7. The van der Waals surface area contributed by atoms with Crippen LogP contribution in [0.4, 0.5) is 0 Å². The summed E-state index contributed by atoms with van der Waals surface area (Å²) >= 11 is 0. The van der Waals surface area contributed by atoms with Gasteiger partial charge in [0.15, 0.2) is 0 Å². The highest BCUT2D eigenvalue weighted by Crippen LogP contribution is 2.24. The lowest BCUT2D eigenvalue weighted by Gasteiger charge is -2.17. The molecule has 0 aliphatic rings. The van der Waals surface area contributed by atoms with Gasteiger partial charge in [-0.1, -0.05) is 60.7 Å². The van der Waals surface area contributed by atoms with Crippen molar-refractivity contribution in [3.8, 4) is 22.4 Å². The third-order valence-corrected chi connectivity index (χ3v) is 3.48. The van der Waals surface area contributed by atoms with Gasteiger partial charge in [0.1, 0.15) is 6.10 Å². The number of hydrogen-bond acceptors (Lipinski definition) is 2. The molecule has 0 radical (unpaired) electrons. The van der Waals surface area contributed by atoms with Crippen molar-refractivity contribution in [3.05, 3.63) is 83.2 Å². The summed E-state index contributed by atoms with van der Waals surface area (Å²) in [4.78, 5) is 18.3. The Bertz CT molecular complexity index is 837. The molecule has 0 unspecified atom stereocenters. The summed E-state index contributed by atoms with van der Waals surface area (Å²) in [6, 6.07) is 23.3.